The van der Waals surface area contributed by atoms with Gasteiger partial charge in [-0.2, -0.15) is 23.5 Å². The highest BCUT2D eigenvalue weighted by atomic mass is 19.4. The second-order valence-electron chi connectivity index (χ2n) is 6.75. The van der Waals surface area contributed by atoms with E-state index in [0.717, 1.165) is 34.8 Å². The number of fused-ring (bicyclic) bond motifs is 1. The normalized spacial score (nSPS) is 11.3. The molecule has 3 aromatic heterocycles. The minimum atomic E-state index is -4.53. The Hall–Kier alpha value is -4.51. The summed E-state index contributed by atoms with van der Waals surface area (Å²) in [6.45, 7) is 0. The zero-order chi connectivity index (χ0) is 23.8. The van der Waals surface area contributed by atoms with Crippen LogP contribution >= 0.6 is 0 Å². The van der Waals surface area contributed by atoms with Crippen LogP contribution < -0.4 is 5.73 Å². The summed E-state index contributed by atoms with van der Waals surface area (Å²) < 4.78 is 66.8. The molecule has 4 rings (SSSR count). The topological polar surface area (TPSA) is 92.9 Å². The Kier molecular flexibility index (Phi) is 5.40. The summed E-state index contributed by atoms with van der Waals surface area (Å²) in [7, 11) is 0. The molecule has 6 nitrogen and oxygen atoms in total. The van der Waals surface area contributed by atoms with Crippen LogP contribution in [0.4, 0.5) is 27.8 Å². The number of hydrogen-bond acceptors (Lipinski definition) is 5. The molecular formula is C22H11F5N6. The molecule has 0 saturated heterocycles. The summed E-state index contributed by atoms with van der Waals surface area (Å²) in [5, 5.41) is 13.0. The van der Waals surface area contributed by atoms with Crippen molar-refractivity contribution in [3.05, 3.63) is 76.7 Å². The first-order valence-corrected chi connectivity index (χ1v) is 9.19. The first kappa shape index (κ1) is 21.7. The number of nitriles is 1. The minimum absolute atomic E-state index is 0.000825. The smallest absolute Gasteiger partial charge is 0.383 e. The van der Waals surface area contributed by atoms with E-state index < -0.39 is 23.9 Å². The Morgan fingerprint density at radius 1 is 1.00 bits per heavy atom. The third kappa shape index (κ3) is 4.29. The van der Waals surface area contributed by atoms with Gasteiger partial charge in [0.15, 0.2) is 5.65 Å². The maximum atomic E-state index is 13.7. The monoisotopic (exact) mass is 454 g/mol. The number of nitrogen functional groups attached to an aromatic ring is 1. The van der Waals surface area contributed by atoms with Gasteiger partial charge in [-0.25, -0.2) is 23.3 Å². The van der Waals surface area contributed by atoms with Gasteiger partial charge in [-0.1, -0.05) is 24.0 Å². The van der Waals surface area contributed by atoms with Crippen molar-refractivity contribution in [1.82, 2.24) is 19.6 Å². The molecule has 0 atom stereocenters. The molecule has 33 heavy (non-hydrogen) atoms. The van der Waals surface area contributed by atoms with Gasteiger partial charge >= 0.3 is 6.18 Å². The van der Waals surface area contributed by atoms with E-state index in [1.807, 2.05) is 6.07 Å². The summed E-state index contributed by atoms with van der Waals surface area (Å²) in [5.74, 6) is 5.54. The van der Waals surface area contributed by atoms with Gasteiger partial charge in [0.1, 0.15) is 17.6 Å². The van der Waals surface area contributed by atoms with Crippen LogP contribution in [0.15, 0.2) is 48.8 Å². The lowest BCUT2D eigenvalue weighted by Gasteiger charge is -2.10. The number of nitrogens with two attached hydrogens (primary N) is 1. The lowest BCUT2D eigenvalue weighted by atomic mass is 10.1. The fourth-order valence-electron chi connectivity index (χ4n) is 2.98. The van der Waals surface area contributed by atoms with E-state index >= 15 is 0 Å². The van der Waals surface area contributed by atoms with Crippen molar-refractivity contribution in [2.24, 2.45) is 0 Å². The van der Waals surface area contributed by atoms with Crippen molar-refractivity contribution in [3.8, 4) is 29.2 Å². The second-order valence-corrected chi connectivity index (χ2v) is 6.75. The Balaban J connectivity index is 1.81. The molecule has 0 amide bonds. The lowest BCUT2D eigenvalue weighted by molar-refractivity contribution is -0.137. The van der Waals surface area contributed by atoms with Gasteiger partial charge in [0.05, 0.1) is 28.6 Å². The molecule has 0 aliphatic rings. The lowest BCUT2D eigenvalue weighted by Crippen LogP contribution is -2.05. The van der Waals surface area contributed by atoms with Crippen molar-refractivity contribution in [3.63, 3.8) is 0 Å². The number of rotatable bonds is 2. The largest absolute Gasteiger partial charge is 0.416 e. The number of alkyl halides is 5. The van der Waals surface area contributed by atoms with Crippen LogP contribution in [-0.2, 0) is 6.18 Å². The molecule has 0 spiro atoms. The van der Waals surface area contributed by atoms with Gasteiger partial charge in [0, 0.05) is 17.3 Å². The first-order chi connectivity index (χ1) is 15.7. The number of anilines is 1. The van der Waals surface area contributed by atoms with Gasteiger partial charge in [-0.3, -0.25) is 0 Å². The number of benzene rings is 1. The number of pyridine rings is 1. The van der Waals surface area contributed by atoms with E-state index in [1.54, 1.807) is 0 Å². The summed E-state index contributed by atoms with van der Waals surface area (Å²) in [5.41, 5.74) is 5.14. The van der Waals surface area contributed by atoms with E-state index in [4.69, 9.17) is 11.0 Å². The zero-order valence-electron chi connectivity index (χ0n) is 16.4. The third-order valence-electron chi connectivity index (χ3n) is 4.61. The number of aromatic nitrogens is 4. The highest BCUT2D eigenvalue weighted by molar-refractivity contribution is 5.67. The van der Waals surface area contributed by atoms with Crippen LogP contribution in [0.2, 0.25) is 0 Å². The summed E-state index contributed by atoms with van der Waals surface area (Å²) >= 11 is 0. The molecular weight excluding hydrogens is 443 g/mol. The number of hydrogen-bond donors (Lipinski definition) is 1. The molecule has 11 heteroatoms. The van der Waals surface area contributed by atoms with E-state index in [9.17, 15) is 22.0 Å². The summed E-state index contributed by atoms with van der Waals surface area (Å²) in [6.07, 6.45) is -4.86. The van der Waals surface area contributed by atoms with Gasteiger partial charge in [-0.15, -0.1) is 0 Å². The molecule has 0 saturated carbocycles. The van der Waals surface area contributed by atoms with Crippen LogP contribution in [0.1, 0.15) is 34.4 Å². The standard InChI is InChI=1S/C22H11F5N6/c23-19(24)18-8-17(13-3-5-16(6-4-13)22(25,26)27)32-21-14(11-31-33(18)21)2-1-12-7-15(9-28)20(29)30-10-12/h3-8,10-11,19H,(H2,29,30). The average molecular weight is 454 g/mol. The van der Waals surface area contributed by atoms with E-state index in [2.05, 4.69) is 26.9 Å². The zero-order valence-corrected chi connectivity index (χ0v) is 16.4. The van der Waals surface area contributed by atoms with Crippen LogP contribution in [0, 0.1) is 23.2 Å². The molecule has 1 aromatic carbocycles. The van der Waals surface area contributed by atoms with Crippen LogP contribution in [0.25, 0.3) is 16.9 Å². The molecule has 164 valence electrons. The quantitative estimate of drug-likeness (QED) is 0.353. The van der Waals surface area contributed by atoms with Crippen molar-refractivity contribution < 1.29 is 22.0 Å². The van der Waals surface area contributed by atoms with Crippen LogP contribution in [0.5, 0.6) is 0 Å². The fourth-order valence-corrected chi connectivity index (χ4v) is 2.98. The molecule has 0 aliphatic carbocycles. The minimum Gasteiger partial charge on any atom is -0.383 e. The van der Waals surface area contributed by atoms with Crippen LogP contribution in [0.3, 0.4) is 0 Å². The van der Waals surface area contributed by atoms with E-state index in [-0.39, 0.29) is 33.8 Å². The van der Waals surface area contributed by atoms with Crippen molar-refractivity contribution >= 4 is 11.5 Å². The Morgan fingerprint density at radius 2 is 1.73 bits per heavy atom. The van der Waals surface area contributed by atoms with Crippen molar-refractivity contribution in [2.75, 3.05) is 5.73 Å². The number of halogens is 5. The maximum Gasteiger partial charge on any atom is 0.416 e. The summed E-state index contributed by atoms with van der Waals surface area (Å²) in [4.78, 5) is 8.16. The fraction of sp³-hybridized carbons (Fsp3) is 0.0909. The predicted octanol–water partition coefficient (Wildman–Crippen LogP) is 4.60. The van der Waals surface area contributed by atoms with Crippen LogP contribution in [-0.4, -0.2) is 19.6 Å². The Bertz CT molecular complexity index is 1450. The highest BCUT2D eigenvalue weighted by Crippen LogP contribution is 2.32. The van der Waals surface area contributed by atoms with Gasteiger partial charge in [0.2, 0.25) is 0 Å². The van der Waals surface area contributed by atoms with E-state index in [0.29, 0.717) is 5.56 Å². The average Bonchev–Trinajstić information content (AvgIpc) is 3.20. The van der Waals surface area contributed by atoms with Gasteiger partial charge in [0.25, 0.3) is 6.43 Å². The molecule has 4 aromatic rings. The number of nitrogens with zero attached hydrogens (tertiary/aromatic N) is 5. The van der Waals surface area contributed by atoms with Crippen molar-refractivity contribution in [2.45, 2.75) is 12.6 Å². The Morgan fingerprint density at radius 3 is 2.36 bits per heavy atom. The molecule has 3 heterocycles. The van der Waals surface area contributed by atoms with Crippen molar-refractivity contribution in [1.29, 1.82) is 5.26 Å². The molecule has 0 fully saturated rings. The molecule has 0 bridgehead atoms. The molecule has 0 unspecified atom stereocenters. The summed E-state index contributed by atoms with van der Waals surface area (Å²) in [6, 6.07) is 8.37. The third-order valence-corrected chi connectivity index (χ3v) is 4.61. The van der Waals surface area contributed by atoms with Gasteiger partial charge < -0.3 is 5.73 Å². The predicted molar refractivity (Wildman–Crippen MR) is 108 cm³/mol. The molecule has 0 aliphatic heterocycles. The highest BCUT2D eigenvalue weighted by Gasteiger charge is 2.30. The van der Waals surface area contributed by atoms with E-state index in [1.165, 1.54) is 18.5 Å². The Labute approximate surface area is 183 Å². The van der Waals surface area contributed by atoms with Gasteiger partial charge in [-0.05, 0) is 24.3 Å². The SMILES string of the molecule is N#Cc1cc(C#Cc2cnn3c(C(F)F)cc(-c4ccc(C(F)(F)F)cc4)nc23)cnc1N. The maximum absolute atomic E-state index is 13.7. The second kappa shape index (κ2) is 8.20. The molecule has 0 radical (unpaired) electrons. The molecule has 2 N–H and O–H groups in total. The first-order valence-electron chi connectivity index (χ1n) is 9.19.